The van der Waals surface area contributed by atoms with E-state index in [1.807, 2.05) is 30.3 Å². The molecule has 0 spiro atoms. The van der Waals surface area contributed by atoms with Gasteiger partial charge >= 0.3 is 5.97 Å². The molecule has 2 aliphatic rings. The van der Waals surface area contributed by atoms with Gasteiger partial charge in [-0.2, -0.15) is 5.26 Å². The largest absolute Gasteiger partial charge is 0.474 e. The fourth-order valence-corrected chi connectivity index (χ4v) is 6.67. The van der Waals surface area contributed by atoms with Crippen LogP contribution in [0.4, 0.5) is 4.39 Å². The molecule has 2 aromatic carbocycles. The van der Waals surface area contributed by atoms with E-state index in [2.05, 4.69) is 20.5 Å². The third-order valence-electron chi connectivity index (χ3n) is 8.39. The summed E-state index contributed by atoms with van der Waals surface area (Å²) < 4.78 is 27.6. The third-order valence-corrected chi connectivity index (χ3v) is 9.71. The molecular weight excluding hydrogens is 601 g/mol. The number of methoxy groups -OCH3 is 1. The van der Waals surface area contributed by atoms with E-state index in [1.54, 1.807) is 18.2 Å². The Morgan fingerprint density at radius 2 is 1.98 bits per heavy atom. The predicted octanol–water partition coefficient (Wildman–Crippen LogP) is 7.04. The van der Waals surface area contributed by atoms with Crippen molar-refractivity contribution in [2.75, 3.05) is 20.2 Å². The molecule has 6 rings (SSSR count). The first-order valence-corrected chi connectivity index (χ1v) is 16.1. The van der Waals surface area contributed by atoms with E-state index in [1.165, 1.54) is 24.9 Å². The van der Waals surface area contributed by atoms with E-state index in [9.17, 15) is 14.4 Å². The van der Waals surface area contributed by atoms with Crippen LogP contribution in [0.1, 0.15) is 54.0 Å². The summed E-state index contributed by atoms with van der Waals surface area (Å²) in [6.45, 7) is 3.07. The van der Waals surface area contributed by atoms with Gasteiger partial charge in [0.1, 0.15) is 17.7 Å². The molecule has 228 valence electrons. The zero-order valence-electron chi connectivity index (χ0n) is 24.5. The molecule has 1 aliphatic heterocycles. The number of carbonyl (C=O) groups excluding carboxylic acids is 1. The smallest absolute Gasteiger partial charge is 0.337 e. The van der Waals surface area contributed by atoms with Crippen molar-refractivity contribution in [3.8, 4) is 11.9 Å². The maximum atomic E-state index is 14.2. The standard InChI is InChI=1S/C33H33ClFN5O3S/c1-42-32(41)22-5-7-27-28(17-22)40(21-33(11-12-33)13-14-36)30(38-27)19-39-15-9-25(10-16-39)43-31-4-2-3-24(37-31)20-44-29-8-6-23(34)18-26(29)35/h2-8,17-18,25H,9-13,15-16,19-21H2,1H3. The van der Waals surface area contributed by atoms with Crippen LogP contribution in [0.15, 0.2) is 59.5 Å². The highest BCUT2D eigenvalue weighted by Crippen LogP contribution is 2.50. The Kier molecular flexibility index (Phi) is 9.08. The Hall–Kier alpha value is -3.65. The number of likely N-dealkylation sites (tertiary alicyclic amines) is 1. The Labute approximate surface area is 265 Å². The monoisotopic (exact) mass is 633 g/mol. The van der Waals surface area contributed by atoms with Gasteiger partial charge in [0, 0.05) is 53.2 Å². The van der Waals surface area contributed by atoms with Crippen LogP contribution in [-0.4, -0.2) is 51.7 Å². The zero-order valence-corrected chi connectivity index (χ0v) is 26.0. The lowest BCUT2D eigenvalue weighted by Crippen LogP contribution is -2.38. The van der Waals surface area contributed by atoms with Gasteiger partial charge < -0.3 is 14.0 Å². The first-order valence-electron chi connectivity index (χ1n) is 14.7. The van der Waals surface area contributed by atoms with Crippen LogP contribution in [-0.2, 0) is 23.6 Å². The normalized spacial score (nSPS) is 16.5. The van der Waals surface area contributed by atoms with Crippen LogP contribution >= 0.6 is 23.4 Å². The molecule has 4 aromatic rings. The van der Waals surface area contributed by atoms with Crippen molar-refractivity contribution in [3.63, 3.8) is 0 Å². The maximum absolute atomic E-state index is 14.2. The minimum Gasteiger partial charge on any atom is -0.474 e. The Balaban J connectivity index is 1.09. The first kappa shape index (κ1) is 30.4. The molecule has 8 nitrogen and oxygen atoms in total. The first-order chi connectivity index (χ1) is 21.3. The second-order valence-electron chi connectivity index (χ2n) is 11.6. The number of ether oxygens (including phenoxy) is 2. The van der Waals surface area contributed by atoms with Gasteiger partial charge in [-0.05, 0) is 68.1 Å². The lowest BCUT2D eigenvalue weighted by molar-refractivity contribution is 0.0601. The summed E-state index contributed by atoms with van der Waals surface area (Å²) in [7, 11) is 1.38. The van der Waals surface area contributed by atoms with Gasteiger partial charge in [-0.15, -0.1) is 11.8 Å². The molecule has 1 aliphatic carbocycles. The molecule has 2 fully saturated rings. The van der Waals surface area contributed by atoms with Gasteiger partial charge in [0.25, 0.3) is 0 Å². The number of esters is 1. The number of pyridine rings is 1. The van der Waals surface area contributed by atoms with E-state index in [0.29, 0.717) is 46.6 Å². The Morgan fingerprint density at radius 1 is 1.16 bits per heavy atom. The Bertz CT molecular complexity index is 1710. The quantitative estimate of drug-likeness (QED) is 0.128. The van der Waals surface area contributed by atoms with Gasteiger partial charge in [-0.3, -0.25) is 4.90 Å². The minimum absolute atomic E-state index is 0.0255. The van der Waals surface area contributed by atoms with E-state index in [0.717, 1.165) is 61.3 Å². The van der Waals surface area contributed by atoms with Crippen molar-refractivity contribution in [1.82, 2.24) is 19.4 Å². The Morgan fingerprint density at radius 3 is 2.70 bits per heavy atom. The zero-order chi connectivity index (χ0) is 30.7. The number of nitriles is 1. The predicted molar refractivity (Wildman–Crippen MR) is 167 cm³/mol. The number of fused-ring (bicyclic) bond motifs is 1. The SMILES string of the molecule is COC(=O)c1ccc2nc(CN3CCC(Oc4cccc(CSc5ccc(Cl)cc5F)n4)CC3)n(CC3(CC#N)CC3)c2c1. The van der Waals surface area contributed by atoms with Crippen LogP contribution in [0.3, 0.4) is 0 Å². The number of hydrogen-bond acceptors (Lipinski definition) is 8. The number of aromatic nitrogens is 3. The number of hydrogen-bond donors (Lipinski definition) is 0. The van der Waals surface area contributed by atoms with Gasteiger partial charge in [0.05, 0.1) is 42.0 Å². The maximum Gasteiger partial charge on any atom is 0.337 e. The van der Waals surface area contributed by atoms with Crippen molar-refractivity contribution in [2.24, 2.45) is 5.41 Å². The number of halogens is 2. The number of benzene rings is 2. The van der Waals surface area contributed by atoms with Gasteiger partial charge in [-0.1, -0.05) is 17.7 Å². The molecule has 2 aromatic heterocycles. The van der Waals surface area contributed by atoms with Crippen LogP contribution in [0.5, 0.6) is 5.88 Å². The molecule has 0 bridgehead atoms. The average Bonchev–Trinajstić information content (AvgIpc) is 3.71. The summed E-state index contributed by atoms with van der Waals surface area (Å²) in [5.74, 6) is 1.32. The summed E-state index contributed by atoms with van der Waals surface area (Å²) in [4.78, 5) is 24.8. The van der Waals surface area contributed by atoms with Crippen molar-refractivity contribution in [2.45, 2.75) is 61.9 Å². The summed E-state index contributed by atoms with van der Waals surface area (Å²) in [5.41, 5.74) is 3.01. The second kappa shape index (κ2) is 13.1. The molecule has 1 saturated heterocycles. The van der Waals surface area contributed by atoms with E-state index in [-0.39, 0.29) is 23.3 Å². The highest BCUT2D eigenvalue weighted by atomic mass is 35.5. The number of nitrogens with zero attached hydrogens (tertiary/aromatic N) is 5. The fourth-order valence-electron chi connectivity index (χ4n) is 5.69. The van der Waals surface area contributed by atoms with E-state index < -0.39 is 0 Å². The van der Waals surface area contributed by atoms with Crippen LogP contribution in [0.2, 0.25) is 5.02 Å². The summed E-state index contributed by atoms with van der Waals surface area (Å²) in [5, 5.41) is 9.80. The van der Waals surface area contributed by atoms with Gasteiger partial charge in [0.15, 0.2) is 0 Å². The van der Waals surface area contributed by atoms with Crippen LogP contribution in [0, 0.1) is 22.6 Å². The lowest BCUT2D eigenvalue weighted by Gasteiger charge is -2.32. The molecule has 0 radical (unpaired) electrons. The number of imidazole rings is 1. The van der Waals surface area contributed by atoms with Crippen molar-refractivity contribution in [3.05, 3.63) is 82.5 Å². The number of piperidine rings is 1. The molecule has 0 amide bonds. The number of rotatable bonds is 11. The molecule has 11 heteroatoms. The summed E-state index contributed by atoms with van der Waals surface area (Å²) in [6, 6.07) is 18.2. The minimum atomic E-state index is -0.379. The van der Waals surface area contributed by atoms with Crippen LogP contribution < -0.4 is 4.74 Å². The average molecular weight is 634 g/mol. The fraction of sp³-hybridized carbons (Fsp3) is 0.394. The summed E-state index contributed by atoms with van der Waals surface area (Å²) >= 11 is 7.24. The highest BCUT2D eigenvalue weighted by molar-refractivity contribution is 7.98. The third kappa shape index (κ3) is 7.01. The molecule has 0 N–H and O–H groups in total. The molecule has 44 heavy (non-hydrogen) atoms. The molecule has 3 heterocycles. The lowest BCUT2D eigenvalue weighted by atomic mass is 10.0. The highest BCUT2D eigenvalue weighted by Gasteiger charge is 2.43. The van der Waals surface area contributed by atoms with E-state index >= 15 is 0 Å². The molecular formula is C33H33ClFN5O3S. The molecule has 0 unspecified atom stereocenters. The molecule has 1 saturated carbocycles. The van der Waals surface area contributed by atoms with Gasteiger partial charge in [0.2, 0.25) is 5.88 Å². The van der Waals surface area contributed by atoms with Crippen molar-refractivity contribution >= 4 is 40.4 Å². The van der Waals surface area contributed by atoms with E-state index in [4.69, 9.17) is 26.1 Å². The van der Waals surface area contributed by atoms with Crippen LogP contribution in [0.25, 0.3) is 11.0 Å². The van der Waals surface area contributed by atoms with Crippen molar-refractivity contribution < 1.29 is 18.7 Å². The second-order valence-corrected chi connectivity index (χ2v) is 13.0. The van der Waals surface area contributed by atoms with Crippen molar-refractivity contribution in [1.29, 1.82) is 5.26 Å². The number of carbonyl (C=O) groups is 1. The summed E-state index contributed by atoms with van der Waals surface area (Å²) in [6.07, 6.45) is 4.29. The number of thioether (sulfide) groups is 1. The topological polar surface area (TPSA) is 93.3 Å². The molecule has 0 atom stereocenters. The van der Waals surface area contributed by atoms with Gasteiger partial charge in [-0.25, -0.2) is 19.2 Å².